The maximum absolute atomic E-state index is 4.16. The van der Waals surface area contributed by atoms with Crippen molar-refractivity contribution in [2.24, 2.45) is 0 Å². The van der Waals surface area contributed by atoms with Crippen LogP contribution in [0.2, 0.25) is 0 Å². The second-order valence-electron chi connectivity index (χ2n) is 8.99. The van der Waals surface area contributed by atoms with Gasteiger partial charge in [-0.15, -0.1) is 0 Å². The monoisotopic (exact) mass is 477 g/mol. The third kappa shape index (κ3) is 6.98. The summed E-state index contributed by atoms with van der Waals surface area (Å²) in [6.45, 7) is 9.85. The summed E-state index contributed by atoms with van der Waals surface area (Å²) in [6.07, 6.45) is 9.34. The minimum absolute atomic E-state index is 0.647. The van der Waals surface area contributed by atoms with Crippen molar-refractivity contribution >= 4 is 22.8 Å². The molecule has 0 spiro atoms. The summed E-state index contributed by atoms with van der Waals surface area (Å²) in [4.78, 5) is 3.43. The van der Waals surface area contributed by atoms with Gasteiger partial charge in [-0.25, -0.2) is 4.99 Å². The van der Waals surface area contributed by atoms with Gasteiger partial charge in [-0.3, -0.25) is 0 Å². The van der Waals surface area contributed by atoms with Crippen molar-refractivity contribution in [1.82, 2.24) is 0 Å². The van der Waals surface area contributed by atoms with E-state index >= 15 is 0 Å². The summed E-state index contributed by atoms with van der Waals surface area (Å²) in [5.74, 6) is 0. The molecule has 0 saturated heterocycles. The average molecular weight is 478 g/mol. The molecule has 0 saturated carbocycles. The Bertz CT molecular complexity index is 1250. The van der Waals surface area contributed by atoms with Gasteiger partial charge in [0.25, 0.3) is 0 Å². The van der Waals surface area contributed by atoms with Crippen LogP contribution in [-0.4, -0.2) is 19.0 Å². The van der Waals surface area contributed by atoms with Crippen LogP contribution < -0.4 is 20.9 Å². The van der Waals surface area contributed by atoms with Crippen molar-refractivity contribution in [3.63, 3.8) is 0 Å². The Morgan fingerprint density at radius 1 is 0.750 bits per heavy atom. The fourth-order valence-corrected chi connectivity index (χ4v) is 4.22. The number of nitrogens with one attached hydrogen (secondary N) is 4. The van der Waals surface area contributed by atoms with E-state index in [0.29, 0.717) is 13.3 Å². The van der Waals surface area contributed by atoms with Crippen molar-refractivity contribution in [3.05, 3.63) is 125 Å². The van der Waals surface area contributed by atoms with E-state index in [2.05, 4.69) is 114 Å². The second-order valence-corrected chi connectivity index (χ2v) is 8.99. The third-order valence-electron chi connectivity index (χ3n) is 6.42. The molecule has 0 heterocycles. The Labute approximate surface area is 215 Å². The molecule has 0 unspecified atom stereocenters. The highest BCUT2D eigenvalue weighted by atomic mass is 15.1. The topological polar surface area (TPSA) is 50.1 Å². The predicted molar refractivity (Wildman–Crippen MR) is 155 cm³/mol. The summed E-state index contributed by atoms with van der Waals surface area (Å²) in [7, 11) is 0. The molecule has 4 rings (SSSR count). The van der Waals surface area contributed by atoms with Gasteiger partial charge in [0.2, 0.25) is 12.4 Å². The Morgan fingerprint density at radius 3 is 2.22 bits per heavy atom. The molecule has 3 aromatic rings. The van der Waals surface area contributed by atoms with Gasteiger partial charge in [0.15, 0.2) is 0 Å². The minimum Gasteiger partial charge on any atom is -0.368 e. The number of allylic oxidation sites excluding steroid dienone is 5. The fraction of sp³-hybridized carbons (Fsp3) is 0.219. The maximum atomic E-state index is 4.16. The Hall–Kier alpha value is -4.05. The van der Waals surface area contributed by atoms with Crippen LogP contribution in [0.15, 0.2) is 109 Å². The number of hydrogen-bond acceptors (Lipinski definition) is 3. The molecule has 0 aliphatic heterocycles. The first-order valence-electron chi connectivity index (χ1n) is 12.8. The molecule has 0 radical (unpaired) electrons. The molecule has 4 N–H and O–H groups in total. The molecule has 4 heteroatoms. The van der Waals surface area contributed by atoms with E-state index in [1.54, 1.807) is 0 Å². The maximum Gasteiger partial charge on any atom is 0.214 e. The van der Waals surface area contributed by atoms with E-state index in [4.69, 9.17) is 0 Å². The number of para-hydroxylation sites is 1. The first-order chi connectivity index (χ1) is 17.6. The predicted octanol–water partition coefficient (Wildman–Crippen LogP) is 5.67. The van der Waals surface area contributed by atoms with Gasteiger partial charge in [0.1, 0.15) is 0 Å². The van der Waals surface area contributed by atoms with E-state index in [0.717, 1.165) is 41.9 Å². The molecule has 1 aliphatic carbocycles. The zero-order valence-electron chi connectivity index (χ0n) is 21.4. The molecule has 1 aliphatic rings. The van der Waals surface area contributed by atoms with Crippen molar-refractivity contribution in [3.8, 4) is 0 Å². The Balaban J connectivity index is 1.35. The smallest absolute Gasteiger partial charge is 0.214 e. The molecular formula is C32H37N4+. The summed E-state index contributed by atoms with van der Waals surface area (Å²) < 4.78 is 0. The molecule has 0 atom stereocenters. The normalized spacial score (nSPS) is 14.0. The highest BCUT2D eigenvalue weighted by Gasteiger charge is 2.10. The molecule has 0 amide bonds. The number of hydrogen-bond donors (Lipinski definition) is 4. The molecule has 0 aromatic heterocycles. The van der Waals surface area contributed by atoms with Crippen LogP contribution in [0.3, 0.4) is 0 Å². The summed E-state index contributed by atoms with van der Waals surface area (Å²) in [5.41, 5.74) is 10.7. The lowest BCUT2D eigenvalue weighted by atomic mass is 9.99. The molecule has 0 bridgehead atoms. The molecule has 0 fully saturated rings. The van der Waals surface area contributed by atoms with Gasteiger partial charge < -0.3 is 16.0 Å². The number of benzene rings is 3. The fourth-order valence-electron chi connectivity index (χ4n) is 4.22. The van der Waals surface area contributed by atoms with Crippen molar-refractivity contribution in [1.29, 1.82) is 0 Å². The van der Waals surface area contributed by atoms with Crippen LogP contribution in [0, 0.1) is 0 Å². The van der Waals surface area contributed by atoms with Crippen LogP contribution in [0.5, 0.6) is 0 Å². The van der Waals surface area contributed by atoms with Crippen LogP contribution in [-0.2, 0) is 12.8 Å². The zero-order valence-corrected chi connectivity index (χ0v) is 21.4. The summed E-state index contributed by atoms with van der Waals surface area (Å²) in [6, 6.07) is 25.7. The first kappa shape index (κ1) is 25.1. The van der Waals surface area contributed by atoms with Crippen molar-refractivity contribution < 1.29 is 4.99 Å². The second kappa shape index (κ2) is 12.6. The van der Waals surface area contributed by atoms with Gasteiger partial charge in [-0.1, -0.05) is 69.0 Å². The molecule has 184 valence electrons. The van der Waals surface area contributed by atoms with Crippen molar-refractivity contribution in [2.75, 3.05) is 29.3 Å². The van der Waals surface area contributed by atoms with Gasteiger partial charge in [0.05, 0.1) is 6.67 Å². The number of anilines is 3. The molecular weight excluding hydrogens is 440 g/mol. The lowest BCUT2D eigenvalue weighted by molar-refractivity contribution is -0.448. The Kier molecular flexibility index (Phi) is 8.77. The van der Waals surface area contributed by atoms with Gasteiger partial charge in [-0.05, 0) is 77.9 Å². The van der Waals surface area contributed by atoms with E-state index in [1.165, 1.54) is 28.0 Å². The van der Waals surface area contributed by atoms with Gasteiger partial charge >= 0.3 is 0 Å². The number of aryl methyl sites for hydroxylation is 1. The Morgan fingerprint density at radius 2 is 1.50 bits per heavy atom. The van der Waals surface area contributed by atoms with Crippen molar-refractivity contribution in [2.45, 2.75) is 33.1 Å². The average Bonchev–Trinajstić information content (AvgIpc) is 2.92. The lowest BCUT2D eigenvalue weighted by Gasteiger charge is -2.15. The minimum atomic E-state index is 0.647. The van der Waals surface area contributed by atoms with E-state index in [-0.39, 0.29) is 0 Å². The third-order valence-corrected chi connectivity index (χ3v) is 6.42. The highest BCUT2D eigenvalue weighted by molar-refractivity contribution is 6.07. The molecule has 4 nitrogen and oxygen atoms in total. The lowest BCUT2D eigenvalue weighted by Crippen LogP contribution is -2.75. The van der Waals surface area contributed by atoms with Crippen LogP contribution >= 0.6 is 0 Å². The highest BCUT2D eigenvalue weighted by Crippen LogP contribution is 2.23. The summed E-state index contributed by atoms with van der Waals surface area (Å²) in [5, 5.41) is 10.4. The number of rotatable bonds is 11. The van der Waals surface area contributed by atoms with Gasteiger partial charge in [0, 0.05) is 28.7 Å². The first-order valence-corrected chi connectivity index (χ1v) is 12.8. The zero-order chi connectivity index (χ0) is 25.2. The van der Waals surface area contributed by atoms with E-state index in [1.807, 2.05) is 18.2 Å². The van der Waals surface area contributed by atoms with Gasteiger partial charge in [-0.2, -0.15) is 0 Å². The van der Waals surface area contributed by atoms with Crippen LogP contribution in [0.25, 0.3) is 0 Å². The summed E-state index contributed by atoms with van der Waals surface area (Å²) >= 11 is 0. The van der Waals surface area contributed by atoms with E-state index < -0.39 is 0 Å². The molecule has 36 heavy (non-hydrogen) atoms. The van der Waals surface area contributed by atoms with Crippen LogP contribution in [0.4, 0.5) is 17.1 Å². The largest absolute Gasteiger partial charge is 0.368 e. The quantitative estimate of drug-likeness (QED) is 0.269. The standard InChI is InChI=1S/C32H36N4/c1-4-25-13-17-31(24(3)19-25)35-22-34-30-15-11-27(12-16-30)21-28-20-26(5-2)14-18-32(28)36-23-33-29-9-7-6-8-10-29/h6-20,33-34,36H,3-5,21-23H2,1-2H3/p+1/b35-31-. The van der Waals surface area contributed by atoms with E-state index in [9.17, 15) is 0 Å². The van der Waals surface area contributed by atoms with Crippen LogP contribution in [0.1, 0.15) is 37.0 Å². The SMILES string of the molecule is C=C1C=C(CC)C=C/C1=[NH+]/CNc1ccc(Cc2cc(CC)ccc2NCNc2ccccc2)cc1. The molecule has 3 aromatic carbocycles.